The van der Waals surface area contributed by atoms with Gasteiger partial charge in [-0.3, -0.25) is 9.69 Å². The van der Waals surface area contributed by atoms with E-state index in [4.69, 9.17) is 54.7 Å². The number of amides is 1. The number of carbonyl (C=O) groups is 2. The average molecular weight is 634 g/mol. The minimum absolute atomic E-state index is 0.0272. The molecule has 0 bridgehead atoms. The maximum Gasteiger partial charge on any atom is 0.335 e. The molecule has 0 radical (unpaired) electrons. The molecule has 5 rings (SSSR count). The number of hydrogen-bond acceptors (Lipinski definition) is 6. The van der Waals surface area contributed by atoms with Crippen molar-refractivity contribution in [2.24, 2.45) is 5.73 Å². The summed E-state index contributed by atoms with van der Waals surface area (Å²) in [5, 5.41) is 0.668. The van der Waals surface area contributed by atoms with Gasteiger partial charge in [0.15, 0.2) is 5.75 Å². The maximum absolute atomic E-state index is 13.4. The fraction of sp³-hybridized carbons (Fsp3) is 0.290. The Bertz CT molecular complexity index is 1500. The maximum atomic E-state index is 13.4. The van der Waals surface area contributed by atoms with Crippen LogP contribution in [0.15, 0.2) is 66.2 Å². The first-order valence-electron chi connectivity index (χ1n) is 13.4. The minimum Gasteiger partial charge on any atom is -0.490 e. The number of ether oxygens (including phenoxy) is 3. The molecule has 0 spiro atoms. The number of esters is 1. The minimum atomic E-state index is -0.706. The molecule has 3 aromatic carbocycles. The van der Waals surface area contributed by atoms with Crippen molar-refractivity contribution in [3.8, 4) is 11.5 Å². The van der Waals surface area contributed by atoms with Gasteiger partial charge in [-0.15, -0.1) is 0 Å². The van der Waals surface area contributed by atoms with Crippen molar-refractivity contribution >= 4 is 52.3 Å². The Kier molecular flexibility index (Phi) is 9.28. The molecular formula is C31H28Cl3FN2O5. The molecule has 1 aliphatic carbocycles. The molecule has 1 fully saturated rings. The standard InChI is InChI=1S/C31H28Cl3FN2O5/c32-25-4-2-1-3-20(25)18-42-29(38)24-17-37(31(10-11-31)30(36)39)12-9-23(24)19-5-7-22(8-6-19)40-13-14-41-28-26(33)15-21(35)16-27(28)34/h1-8,15-16H,9-14,17-18H2,(H2,36,39). The van der Waals surface area contributed by atoms with Gasteiger partial charge in [0.1, 0.15) is 36.9 Å². The second-order valence-corrected chi connectivity index (χ2v) is 11.3. The third-order valence-corrected chi connectivity index (χ3v) is 8.39. The van der Waals surface area contributed by atoms with E-state index in [1.165, 1.54) is 0 Å². The fourth-order valence-electron chi connectivity index (χ4n) is 5.04. The van der Waals surface area contributed by atoms with Crippen LogP contribution in [-0.4, -0.2) is 48.6 Å². The molecule has 0 saturated heterocycles. The summed E-state index contributed by atoms with van der Waals surface area (Å²) in [6, 6.07) is 16.8. The van der Waals surface area contributed by atoms with Gasteiger partial charge >= 0.3 is 5.97 Å². The summed E-state index contributed by atoms with van der Waals surface area (Å²) >= 11 is 18.3. The van der Waals surface area contributed by atoms with Crippen molar-refractivity contribution < 1.29 is 28.2 Å². The van der Waals surface area contributed by atoms with Crippen LogP contribution < -0.4 is 15.2 Å². The van der Waals surface area contributed by atoms with E-state index in [0.717, 1.165) is 23.3 Å². The summed E-state index contributed by atoms with van der Waals surface area (Å²) in [5.41, 5.74) is 7.88. The molecule has 2 aliphatic rings. The number of halogens is 4. The lowest BCUT2D eigenvalue weighted by molar-refractivity contribution is -0.141. The van der Waals surface area contributed by atoms with Crippen LogP contribution >= 0.6 is 34.8 Å². The molecule has 7 nitrogen and oxygen atoms in total. The van der Waals surface area contributed by atoms with E-state index in [2.05, 4.69) is 0 Å². The molecule has 220 valence electrons. The van der Waals surface area contributed by atoms with Crippen LogP contribution in [0.1, 0.15) is 30.4 Å². The molecule has 1 saturated carbocycles. The molecule has 3 aromatic rings. The van der Waals surface area contributed by atoms with Crippen molar-refractivity contribution in [3.63, 3.8) is 0 Å². The Hall–Kier alpha value is -3.30. The third-order valence-electron chi connectivity index (χ3n) is 7.46. The molecule has 42 heavy (non-hydrogen) atoms. The van der Waals surface area contributed by atoms with E-state index in [1.54, 1.807) is 24.3 Å². The number of primary amides is 1. The lowest BCUT2D eigenvalue weighted by Gasteiger charge is -2.35. The van der Waals surface area contributed by atoms with Crippen LogP contribution in [0.25, 0.3) is 5.57 Å². The number of nitrogens with two attached hydrogens (primary N) is 1. The average Bonchev–Trinajstić information content (AvgIpc) is 3.78. The summed E-state index contributed by atoms with van der Waals surface area (Å²) in [7, 11) is 0. The van der Waals surface area contributed by atoms with Crippen molar-refractivity contribution in [3.05, 3.63) is 98.2 Å². The molecular weight excluding hydrogens is 606 g/mol. The SMILES string of the molecule is NC(=O)C1(N2CCC(c3ccc(OCCOc4c(Cl)cc(F)cc4Cl)cc3)=C(C(=O)OCc3ccccc3Cl)C2)CC1. The van der Waals surface area contributed by atoms with E-state index >= 15 is 0 Å². The number of nitrogens with zero attached hydrogens (tertiary/aromatic N) is 1. The van der Waals surface area contributed by atoms with Crippen LogP contribution in [-0.2, 0) is 20.9 Å². The Morgan fingerprint density at radius 1 is 0.929 bits per heavy atom. The van der Waals surface area contributed by atoms with Gasteiger partial charge in [0.05, 0.1) is 15.6 Å². The normalized spacial score (nSPS) is 16.2. The van der Waals surface area contributed by atoms with Crippen molar-refractivity contribution in [2.75, 3.05) is 26.3 Å². The first kappa shape index (κ1) is 30.2. The van der Waals surface area contributed by atoms with Crippen molar-refractivity contribution in [1.29, 1.82) is 0 Å². The highest BCUT2D eigenvalue weighted by Gasteiger charge is 2.54. The highest BCUT2D eigenvalue weighted by molar-refractivity contribution is 6.37. The van der Waals surface area contributed by atoms with Crippen LogP contribution in [0.5, 0.6) is 11.5 Å². The molecule has 1 amide bonds. The van der Waals surface area contributed by atoms with Gasteiger partial charge < -0.3 is 19.9 Å². The van der Waals surface area contributed by atoms with E-state index in [1.807, 2.05) is 29.2 Å². The van der Waals surface area contributed by atoms with Gasteiger partial charge in [-0.05, 0) is 60.7 Å². The van der Waals surface area contributed by atoms with Crippen LogP contribution in [0.2, 0.25) is 15.1 Å². The lowest BCUT2D eigenvalue weighted by atomic mass is 9.92. The molecule has 11 heteroatoms. The number of rotatable bonds is 11. The van der Waals surface area contributed by atoms with Crippen molar-refractivity contribution in [2.45, 2.75) is 31.4 Å². The monoisotopic (exact) mass is 632 g/mol. The molecule has 0 aromatic heterocycles. The van der Waals surface area contributed by atoms with Gasteiger partial charge in [0.25, 0.3) is 0 Å². The first-order valence-corrected chi connectivity index (χ1v) is 14.5. The van der Waals surface area contributed by atoms with Gasteiger partial charge in [-0.2, -0.15) is 0 Å². The molecule has 0 atom stereocenters. The Morgan fingerprint density at radius 3 is 2.24 bits per heavy atom. The van der Waals surface area contributed by atoms with E-state index in [-0.39, 0.29) is 48.1 Å². The quantitative estimate of drug-likeness (QED) is 0.192. The van der Waals surface area contributed by atoms with Crippen LogP contribution in [0, 0.1) is 5.82 Å². The predicted octanol–water partition coefficient (Wildman–Crippen LogP) is 6.46. The third kappa shape index (κ3) is 6.68. The molecule has 0 unspecified atom stereocenters. The smallest absolute Gasteiger partial charge is 0.335 e. The highest BCUT2D eigenvalue weighted by atomic mass is 35.5. The largest absolute Gasteiger partial charge is 0.490 e. The van der Waals surface area contributed by atoms with Gasteiger partial charge in [-0.25, -0.2) is 9.18 Å². The topological polar surface area (TPSA) is 91.1 Å². The number of hydrogen-bond donors (Lipinski definition) is 1. The summed E-state index contributed by atoms with van der Waals surface area (Å²) in [5.74, 6) is -0.610. The highest BCUT2D eigenvalue weighted by Crippen LogP contribution is 2.44. The van der Waals surface area contributed by atoms with Crippen molar-refractivity contribution in [1.82, 2.24) is 4.90 Å². The second-order valence-electron chi connectivity index (χ2n) is 10.1. The second kappa shape index (κ2) is 12.9. The van der Waals surface area contributed by atoms with E-state index in [9.17, 15) is 14.0 Å². The first-order chi connectivity index (χ1) is 20.2. The zero-order chi connectivity index (χ0) is 29.9. The Balaban J connectivity index is 1.28. The molecule has 1 aliphatic heterocycles. The zero-order valence-electron chi connectivity index (χ0n) is 22.5. The van der Waals surface area contributed by atoms with Crippen LogP contribution in [0.4, 0.5) is 4.39 Å². The van der Waals surface area contributed by atoms with Gasteiger partial charge in [-0.1, -0.05) is 65.1 Å². The lowest BCUT2D eigenvalue weighted by Crippen LogP contribution is -2.50. The summed E-state index contributed by atoms with van der Waals surface area (Å²) in [6.07, 6.45) is 1.89. The van der Waals surface area contributed by atoms with Gasteiger partial charge in [0, 0.05) is 23.7 Å². The summed E-state index contributed by atoms with van der Waals surface area (Å²) in [6.45, 7) is 1.19. The molecule has 1 heterocycles. The van der Waals surface area contributed by atoms with Gasteiger partial charge in [0.2, 0.25) is 5.91 Å². The number of carbonyl (C=O) groups excluding carboxylic acids is 2. The summed E-state index contributed by atoms with van der Waals surface area (Å²) in [4.78, 5) is 27.6. The van der Waals surface area contributed by atoms with Crippen LogP contribution in [0.3, 0.4) is 0 Å². The number of benzene rings is 3. The molecule has 2 N–H and O–H groups in total. The fourth-order valence-corrected chi connectivity index (χ4v) is 5.80. The zero-order valence-corrected chi connectivity index (χ0v) is 24.8. The summed E-state index contributed by atoms with van der Waals surface area (Å²) < 4.78 is 30.4. The van der Waals surface area contributed by atoms with E-state index in [0.29, 0.717) is 47.7 Å². The van der Waals surface area contributed by atoms with E-state index < -0.39 is 17.3 Å². The predicted molar refractivity (Wildman–Crippen MR) is 159 cm³/mol. The Morgan fingerprint density at radius 2 is 1.60 bits per heavy atom. The Labute approximate surface area is 257 Å².